The van der Waals surface area contributed by atoms with E-state index in [9.17, 15) is 13.2 Å². The Hall–Kier alpha value is -2.20. The van der Waals surface area contributed by atoms with Crippen molar-refractivity contribution in [3.8, 4) is 5.75 Å². The van der Waals surface area contributed by atoms with Crippen LogP contribution in [0.1, 0.15) is 18.1 Å². The van der Waals surface area contributed by atoms with Crippen LogP contribution in [0, 0.1) is 0 Å². The van der Waals surface area contributed by atoms with Gasteiger partial charge in [0.25, 0.3) is 0 Å². The van der Waals surface area contributed by atoms with Crippen molar-refractivity contribution in [1.82, 2.24) is 0 Å². The predicted octanol–water partition coefficient (Wildman–Crippen LogP) is 6.31. The van der Waals surface area contributed by atoms with Crippen LogP contribution in [0.25, 0.3) is 11.6 Å². The lowest BCUT2D eigenvalue weighted by molar-refractivity contribution is 0.241. The Morgan fingerprint density at radius 2 is 1.55 bits per heavy atom. The second-order valence-electron chi connectivity index (χ2n) is 4.54. The third-order valence-electron chi connectivity index (χ3n) is 2.92. The topological polar surface area (TPSA) is 9.23 Å². The quantitative estimate of drug-likeness (QED) is 0.472. The molecule has 2 aromatic rings. The summed E-state index contributed by atoms with van der Waals surface area (Å²) in [5.41, 5.74) is 2.81. The van der Waals surface area contributed by atoms with Crippen molar-refractivity contribution in [1.29, 1.82) is 0 Å². The van der Waals surface area contributed by atoms with Crippen molar-refractivity contribution in [3.63, 3.8) is 0 Å². The van der Waals surface area contributed by atoms with Crippen molar-refractivity contribution in [2.24, 2.45) is 0 Å². The first-order chi connectivity index (χ1) is 10.5. The van der Waals surface area contributed by atoms with E-state index in [1.165, 1.54) is 12.1 Å². The van der Waals surface area contributed by atoms with Crippen LogP contribution in [0.15, 0.2) is 60.6 Å². The summed E-state index contributed by atoms with van der Waals surface area (Å²) in [4.78, 5) is 0. The molecule has 5 heteroatoms. The van der Waals surface area contributed by atoms with E-state index < -0.39 is 12.1 Å². The molecule has 0 N–H and O–H groups in total. The Morgan fingerprint density at radius 1 is 0.955 bits per heavy atom. The van der Waals surface area contributed by atoms with Crippen molar-refractivity contribution in [2.45, 2.75) is 6.92 Å². The molecular formula is C17H12ClF3O. The molecule has 22 heavy (non-hydrogen) atoms. The van der Waals surface area contributed by atoms with Gasteiger partial charge >= 0.3 is 12.1 Å². The van der Waals surface area contributed by atoms with Crippen LogP contribution < -0.4 is 4.74 Å². The second kappa shape index (κ2) is 7.18. The number of rotatable bonds is 4. The lowest BCUT2D eigenvalue weighted by Crippen LogP contribution is -1.91. The minimum Gasteiger partial charge on any atom is -0.428 e. The summed E-state index contributed by atoms with van der Waals surface area (Å²) in [6.07, 6.45) is -0.531. The molecule has 0 fully saturated rings. The van der Waals surface area contributed by atoms with Crippen LogP contribution in [0.5, 0.6) is 5.75 Å². The van der Waals surface area contributed by atoms with Crippen LogP contribution >= 0.6 is 11.6 Å². The van der Waals surface area contributed by atoms with Crippen LogP contribution in [-0.4, -0.2) is 0 Å². The summed E-state index contributed by atoms with van der Waals surface area (Å²) in [5.74, 6) is 0.00772. The van der Waals surface area contributed by atoms with Gasteiger partial charge in [0.1, 0.15) is 5.75 Å². The zero-order valence-corrected chi connectivity index (χ0v) is 12.4. The summed E-state index contributed by atoms with van der Waals surface area (Å²) in [6, 6.07) is 11.6. The molecule has 0 saturated heterocycles. The fourth-order valence-electron chi connectivity index (χ4n) is 1.82. The first kappa shape index (κ1) is 16.2. The minimum atomic E-state index is -2.48. The number of benzene rings is 2. The molecule has 2 aromatic carbocycles. The van der Waals surface area contributed by atoms with Crippen LogP contribution in [-0.2, 0) is 0 Å². The van der Waals surface area contributed by atoms with E-state index in [4.69, 9.17) is 11.6 Å². The average Bonchev–Trinajstić information content (AvgIpc) is 2.50. The van der Waals surface area contributed by atoms with Gasteiger partial charge in [0.15, 0.2) is 0 Å². The Balaban J connectivity index is 2.16. The van der Waals surface area contributed by atoms with Gasteiger partial charge in [-0.15, -0.1) is 0 Å². The maximum atomic E-state index is 12.7. The molecule has 0 radical (unpaired) electrons. The Bertz CT molecular complexity index is 700. The summed E-state index contributed by atoms with van der Waals surface area (Å²) in [6.45, 7) is 1.91. The Kier molecular flexibility index (Phi) is 5.28. The van der Waals surface area contributed by atoms with E-state index in [2.05, 4.69) is 4.74 Å². The van der Waals surface area contributed by atoms with Gasteiger partial charge in [0.05, 0.1) is 0 Å². The van der Waals surface area contributed by atoms with E-state index in [-0.39, 0.29) is 5.75 Å². The molecule has 114 valence electrons. The number of allylic oxidation sites excluding steroid dienone is 1. The number of hydrogen-bond donors (Lipinski definition) is 0. The predicted molar refractivity (Wildman–Crippen MR) is 82.4 cm³/mol. The fourth-order valence-corrected chi connectivity index (χ4v) is 1.95. The molecule has 2 rings (SSSR count). The first-order valence-corrected chi connectivity index (χ1v) is 6.76. The zero-order valence-electron chi connectivity index (χ0n) is 11.6. The van der Waals surface area contributed by atoms with E-state index in [0.29, 0.717) is 5.02 Å². The zero-order chi connectivity index (χ0) is 16.1. The standard InChI is InChI=1S/C17H12ClF3O/c1-11(10-12-2-6-14(18)7-3-12)13-4-8-15(9-5-13)22-17(21)16(19)20/h2-10H,1H3. The number of ether oxygens (including phenoxy) is 1. The third-order valence-corrected chi connectivity index (χ3v) is 3.17. The molecule has 1 nitrogen and oxygen atoms in total. The molecule has 0 spiro atoms. The number of halogens is 4. The highest BCUT2D eigenvalue weighted by atomic mass is 35.5. The minimum absolute atomic E-state index is 0.00772. The van der Waals surface area contributed by atoms with Crippen LogP contribution in [0.3, 0.4) is 0 Å². The highest BCUT2D eigenvalue weighted by molar-refractivity contribution is 6.30. The molecule has 0 aliphatic rings. The van der Waals surface area contributed by atoms with Gasteiger partial charge in [-0.3, -0.25) is 0 Å². The summed E-state index contributed by atoms with van der Waals surface area (Å²) in [7, 11) is 0. The van der Waals surface area contributed by atoms with E-state index >= 15 is 0 Å². The molecule has 0 aliphatic heterocycles. The molecule has 0 aliphatic carbocycles. The van der Waals surface area contributed by atoms with E-state index in [0.717, 1.165) is 16.7 Å². The highest BCUT2D eigenvalue weighted by Crippen LogP contribution is 2.23. The molecule has 0 unspecified atom stereocenters. The summed E-state index contributed by atoms with van der Waals surface area (Å²) in [5, 5.41) is 0.659. The Morgan fingerprint density at radius 3 is 2.09 bits per heavy atom. The summed E-state index contributed by atoms with van der Waals surface area (Å²) >= 11 is 5.82. The van der Waals surface area contributed by atoms with Crippen molar-refractivity contribution >= 4 is 23.3 Å². The van der Waals surface area contributed by atoms with Gasteiger partial charge in [0, 0.05) is 5.02 Å². The Labute approximate surface area is 131 Å². The van der Waals surface area contributed by atoms with Gasteiger partial charge in [-0.2, -0.15) is 13.2 Å². The van der Waals surface area contributed by atoms with Crippen molar-refractivity contribution < 1.29 is 17.9 Å². The monoisotopic (exact) mass is 324 g/mol. The van der Waals surface area contributed by atoms with Gasteiger partial charge in [-0.1, -0.05) is 41.9 Å². The lowest BCUT2D eigenvalue weighted by atomic mass is 10.0. The third kappa shape index (κ3) is 4.40. The lowest BCUT2D eigenvalue weighted by Gasteiger charge is -2.05. The molecule has 0 amide bonds. The average molecular weight is 325 g/mol. The second-order valence-corrected chi connectivity index (χ2v) is 4.98. The molecule has 0 heterocycles. The maximum absolute atomic E-state index is 12.7. The molecule has 0 saturated carbocycles. The normalized spacial score (nSPS) is 11.2. The SMILES string of the molecule is CC(=Cc1ccc(Cl)cc1)c1ccc(OC(F)=C(F)F)cc1. The van der Waals surface area contributed by atoms with Crippen molar-refractivity contribution in [2.75, 3.05) is 0 Å². The van der Waals surface area contributed by atoms with Gasteiger partial charge in [-0.05, 0) is 47.9 Å². The highest BCUT2D eigenvalue weighted by Gasteiger charge is 2.07. The summed E-state index contributed by atoms with van der Waals surface area (Å²) < 4.78 is 41.0. The molecule has 0 atom stereocenters. The largest absolute Gasteiger partial charge is 0.428 e. The molecular weight excluding hydrogens is 313 g/mol. The molecule has 0 bridgehead atoms. The van der Waals surface area contributed by atoms with Crippen LogP contribution in [0.4, 0.5) is 13.2 Å². The van der Waals surface area contributed by atoms with Gasteiger partial charge < -0.3 is 4.74 Å². The van der Waals surface area contributed by atoms with E-state index in [1.54, 1.807) is 24.3 Å². The number of hydrogen-bond acceptors (Lipinski definition) is 1. The smallest absolute Gasteiger partial charge is 0.344 e. The maximum Gasteiger partial charge on any atom is 0.344 e. The van der Waals surface area contributed by atoms with Gasteiger partial charge in [-0.25, -0.2) is 0 Å². The van der Waals surface area contributed by atoms with Crippen molar-refractivity contribution in [3.05, 3.63) is 76.8 Å². The fraction of sp³-hybridized carbons (Fsp3) is 0.0588. The van der Waals surface area contributed by atoms with Gasteiger partial charge in [0.2, 0.25) is 0 Å². The molecule has 0 aromatic heterocycles. The van der Waals surface area contributed by atoms with E-state index in [1.807, 2.05) is 25.1 Å². The first-order valence-electron chi connectivity index (χ1n) is 6.38. The van der Waals surface area contributed by atoms with Crippen LogP contribution in [0.2, 0.25) is 5.02 Å².